The van der Waals surface area contributed by atoms with Crippen LogP contribution in [-0.2, 0) is 14.9 Å². The summed E-state index contributed by atoms with van der Waals surface area (Å²) in [5.74, 6) is 1.85. The van der Waals surface area contributed by atoms with E-state index in [1.165, 1.54) is 37.8 Å². The topological polar surface area (TPSA) is 41.6 Å². The zero-order valence-corrected chi connectivity index (χ0v) is 18.2. The second-order valence-corrected chi connectivity index (χ2v) is 11.7. The van der Waals surface area contributed by atoms with Crippen molar-refractivity contribution in [3.8, 4) is 0 Å². The fourth-order valence-electron chi connectivity index (χ4n) is 9.41. The van der Waals surface area contributed by atoms with Crippen LogP contribution in [0, 0.1) is 22.7 Å². The van der Waals surface area contributed by atoms with Gasteiger partial charge < -0.3 is 10.1 Å². The van der Waals surface area contributed by atoms with Crippen molar-refractivity contribution >= 4 is 5.91 Å². The van der Waals surface area contributed by atoms with Crippen LogP contribution in [0.25, 0.3) is 0 Å². The smallest absolute Gasteiger partial charge is 0.226 e. The third-order valence-electron chi connectivity index (χ3n) is 10.4. The van der Waals surface area contributed by atoms with Crippen molar-refractivity contribution in [2.45, 2.75) is 68.9 Å². The van der Waals surface area contributed by atoms with Crippen LogP contribution in [0.3, 0.4) is 0 Å². The molecule has 1 spiro atoms. The average molecular weight is 407 g/mol. The molecule has 5 aliphatic carbocycles. The van der Waals surface area contributed by atoms with E-state index in [0.29, 0.717) is 23.4 Å². The van der Waals surface area contributed by atoms with Gasteiger partial charge in [-0.25, -0.2) is 0 Å². The Kier molecular flexibility index (Phi) is 3.45. The van der Waals surface area contributed by atoms with Gasteiger partial charge in [-0.1, -0.05) is 30.3 Å². The van der Waals surface area contributed by atoms with Crippen LogP contribution >= 0.6 is 0 Å². The Labute approximate surface area is 179 Å². The third-order valence-corrected chi connectivity index (χ3v) is 10.4. The van der Waals surface area contributed by atoms with Crippen LogP contribution < -0.4 is 5.32 Å². The molecule has 4 unspecified atom stereocenters. The maximum atomic E-state index is 13.9. The number of amides is 1. The first-order valence-corrected chi connectivity index (χ1v) is 12.2. The zero-order chi connectivity index (χ0) is 20.2. The molecule has 1 aromatic carbocycles. The molecule has 160 valence electrons. The molecule has 0 aromatic heterocycles. The van der Waals surface area contributed by atoms with Crippen molar-refractivity contribution in [3.05, 3.63) is 35.9 Å². The van der Waals surface area contributed by atoms with Crippen LogP contribution in [0.1, 0.15) is 57.4 Å². The van der Waals surface area contributed by atoms with Gasteiger partial charge in [0.2, 0.25) is 5.91 Å². The normalized spacial score (nSPS) is 49.6. The number of carbonyl (C=O) groups is 1. The second-order valence-electron chi connectivity index (χ2n) is 11.7. The monoisotopic (exact) mass is 406 g/mol. The van der Waals surface area contributed by atoms with E-state index < -0.39 is 0 Å². The molecule has 8 rings (SSSR count). The first-order chi connectivity index (χ1) is 14.5. The molecule has 30 heavy (non-hydrogen) atoms. The fraction of sp³-hybridized carbons (Fsp3) is 0.731. The highest BCUT2D eigenvalue weighted by molar-refractivity contribution is 5.85. The lowest BCUT2D eigenvalue weighted by Gasteiger charge is -2.51. The number of nitrogens with zero attached hydrogens (tertiary/aromatic N) is 1. The summed E-state index contributed by atoms with van der Waals surface area (Å²) in [6.07, 6.45) is 8.25. The second kappa shape index (κ2) is 5.69. The van der Waals surface area contributed by atoms with Gasteiger partial charge in [-0.15, -0.1) is 0 Å². The number of ether oxygens (including phenoxy) is 1. The van der Waals surface area contributed by atoms with E-state index >= 15 is 0 Å². The van der Waals surface area contributed by atoms with Gasteiger partial charge in [0.15, 0.2) is 0 Å². The Balaban J connectivity index is 1.20. The summed E-state index contributed by atoms with van der Waals surface area (Å²) in [5, 5.41) is 3.62. The third kappa shape index (κ3) is 2.08. The van der Waals surface area contributed by atoms with Crippen LogP contribution in [0.2, 0.25) is 0 Å². The summed E-state index contributed by atoms with van der Waals surface area (Å²) in [7, 11) is 0. The fourth-order valence-corrected chi connectivity index (χ4v) is 9.41. The first kappa shape index (κ1) is 18.2. The molecular formula is C26H34N2O2. The number of hydrogen-bond acceptors (Lipinski definition) is 3. The SMILES string of the molecule is CCOC[C@]12CC3CC(C(=O)N[C@@H]4CN5CCC6CC645)(C1)C[C@]3(c1ccccc1)C2. The zero-order valence-electron chi connectivity index (χ0n) is 18.2. The van der Waals surface area contributed by atoms with E-state index in [4.69, 9.17) is 4.74 Å². The lowest BCUT2D eigenvalue weighted by Crippen LogP contribution is -2.69. The summed E-state index contributed by atoms with van der Waals surface area (Å²) in [6, 6.07) is 11.5. The highest BCUT2D eigenvalue weighted by atomic mass is 16.5. The number of hydrogen-bond donors (Lipinski definition) is 1. The highest BCUT2D eigenvalue weighted by Gasteiger charge is 2.74. The molecule has 7 atom stereocenters. The quantitative estimate of drug-likeness (QED) is 0.786. The van der Waals surface area contributed by atoms with Gasteiger partial charge in [0.1, 0.15) is 0 Å². The van der Waals surface area contributed by atoms with Crippen LogP contribution in [0.5, 0.6) is 0 Å². The summed E-state index contributed by atoms with van der Waals surface area (Å²) in [4.78, 5) is 16.6. The highest BCUT2D eigenvalue weighted by Crippen LogP contribution is 2.75. The van der Waals surface area contributed by atoms with Gasteiger partial charge in [0, 0.05) is 18.7 Å². The standard InChI is InChI=1S/C26H34N2O2/c1-2-30-17-23-10-20-11-24(14-23,16-25(20,15-23)18-6-4-3-5-7-18)22(29)27-21-13-28-9-8-19-12-26(19,21)28/h3-7,19-21H,2,8-17H2,1H3,(H,27,29)/t19?,20?,21-,23-,24?,25+,26?/m1/s1. The van der Waals surface area contributed by atoms with E-state index in [1.54, 1.807) is 0 Å². The van der Waals surface area contributed by atoms with E-state index in [1.807, 2.05) is 0 Å². The summed E-state index contributed by atoms with van der Waals surface area (Å²) < 4.78 is 6.02. The first-order valence-electron chi connectivity index (χ1n) is 12.2. The number of rotatable bonds is 6. The Morgan fingerprint density at radius 2 is 2.00 bits per heavy atom. The maximum absolute atomic E-state index is 13.9. The molecule has 1 N–H and O–H groups in total. The summed E-state index contributed by atoms with van der Waals surface area (Å²) in [5.41, 5.74) is 2.00. The predicted octanol–water partition coefficient (Wildman–Crippen LogP) is 3.50. The van der Waals surface area contributed by atoms with E-state index in [2.05, 4.69) is 47.5 Å². The van der Waals surface area contributed by atoms with Crippen molar-refractivity contribution in [1.29, 1.82) is 0 Å². The minimum absolute atomic E-state index is 0.174. The van der Waals surface area contributed by atoms with Crippen LogP contribution in [0.15, 0.2) is 30.3 Å². The van der Waals surface area contributed by atoms with Gasteiger partial charge in [-0.05, 0) is 86.6 Å². The number of nitrogens with one attached hydrogen (secondary N) is 1. The van der Waals surface area contributed by atoms with Gasteiger partial charge in [-0.3, -0.25) is 9.69 Å². The van der Waals surface area contributed by atoms with E-state index in [0.717, 1.165) is 44.9 Å². The van der Waals surface area contributed by atoms with Crippen molar-refractivity contribution in [3.63, 3.8) is 0 Å². The molecule has 7 aliphatic rings. The molecule has 7 fully saturated rings. The number of carbonyl (C=O) groups excluding carboxylic acids is 1. The lowest BCUT2D eigenvalue weighted by molar-refractivity contribution is -0.141. The molecule has 4 nitrogen and oxygen atoms in total. The molecule has 2 aliphatic heterocycles. The molecule has 0 radical (unpaired) electrons. The molecule has 2 saturated heterocycles. The molecule has 2 heterocycles. The average Bonchev–Trinajstić information content (AvgIpc) is 3.32. The molecule has 4 bridgehead atoms. The molecule has 1 amide bonds. The van der Waals surface area contributed by atoms with Gasteiger partial charge in [0.05, 0.1) is 18.1 Å². The van der Waals surface area contributed by atoms with Crippen molar-refractivity contribution < 1.29 is 9.53 Å². The van der Waals surface area contributed by atoms with Crippen molar-refractivity contribution in [2.75, 3.05) is 26.3 Å². The van der Waals surface area contributed by atoms with Crippen LogP contribution in [0.4, 0.5) is 0 Å². The molecular weight excluding hydrogens is 372 g/mol. The summed E-state index contributed by atoms with van der Waals surface area (Å²) in [6.45, 7) is 6.02. The Morgan fingerprint density at radius 3 is 2.77 bits per heavy atom. The Bertz CT molecular complexity index is 904. The molecule has 1 aromatic rings. The number of benzene rings is 1. The minimum atomic E-state index is -0.186. The van der Waals surface area contributed by atoms with Crippen molar-refractivity contribution in [2.24, 2.45) is 22.7 Å². The van der Waals surface area contributed by atoms with Gasteiger partial charge >= 0.3 is 0 Å². The van der Waals surface area contributed by atoms with Gasteiger partial charge in [-0.2, -0.15) is 0 Å². The molecule has 5 saturated carbocycles. The number of piperidine rings is 1. The van der Waals surface area contributed by atoms with E-state index in [9.17, 15) is 4.79 Å². The van der Waals surface area contributed by atoms with Crippen LogP contribution in [-0.4, -0.2) is 48.7 Å². The summed E-state index contributed by atoms with van der Waals surface area (Å²) >= 11 is 0. The van der Waals surface area contributed by atoms with E-state index in [-0.39, 0.29) is 16.2 Å². The minimum Gasteiger partial charge on any atom is -0.381 e. The largest absolute Gasteiger partial charge is 0.381 e. The predicted molar refractivity (Wildman–Crippen MR) is 115 cm³/mol. The van der Waals surface area contributed by atoms with Gasteiger partial charge in [0.25, 0.3) is 0 Å². The Morgan fingerprint density at radius 1 is 1.13 bits per heavy atom. The van der Waals surface area contributed by atoms with Crippen molar-refractivity contribution in [1.82, 2.24) is 10.2 Å². The maximum Gasteiger partial charge on any atom is 0.226 e. The Hall–Kier alpha value is -1.39. The lowest BCUT2D eigenvalue weighted by atomic mass is 9.58. The molecule has 4 heteroatoms.